The first-order valence-corrected chi connectivity index (χ1v) is 13.5. The SMILES string of the molecule is CCN[C@H]1CC(C)S(=O)(=O)c2sc(S(=O)(=O)NC(=O)Oc3cccc(CO[N+](=O)[O-])c3)cc21. The molecule has 180 valence electrons. The molecular weight excluding hydrogens is 498 g/mol. The van der Waals surface area contributed by atoms with E-state index in [4.69, 9.17) is 4.74 Å². The van der Waals surface area contributed by atoms with E-state index in [0.29, 0.717) is 35.4 Å². The van der Waals surface area contributed by atoms with Crippen molar-refractivity contribution in [3.63, 3.8) is 0 Å². The fraction of sp³-hybridized carbons (Fsp3) is 0.389. The molecule has 12 nitrogen and oxygen atoms in total. The van der Waals surface area contributed by atoms with Crippen molar-refractivity contribution < 1.29 is 36.3 Å². The molecule has 2 atom stereocenters. The topological polar surface area (TPSA) is 171 Å². The number of thiophene rings is 1. The van der Waals surface area contributed by atoms with Crippen LogP contribution < -0.4 is 14.8 Å². The summed E-state index contributed by atoms with van der Waals surface area (Å²) in [4.78, 5) is 26.7. The van der Waals surface area contributed by atoms with Crippen molar-refractivity contribution in [1.82, 2.24) is 10.0 Å². The summed E-state index contributed by atoms with van der Waals surface area (Å²) in [6, 6.07) is 6.47. The number of amides is 1. The lowest BCUT2D eigenvalue weighted by Crippen LogP contribution is -2.33. The monoisotopic (exact) mass is 519 g/mol. The third kappa shape index (κ3) is 5.61. The molecule has 0 aliphatic carbocycles. The summed E-state index contributed by atoms with van der Waals surface area (Å²) in [6.45, 7) is 3.60. The van der Waals surface area contributed by atoms with Crippen LogP contribution in [-0.2, 0) is 31.3 Å². The Morgan fingerprint density at radius 2 is 2.06 bits per heavy atom. The van der Waals surface area contributed by atoms with Crippen molar-refractivity contribution in [2.75, 3.05) is 6.54 Å². The first-order chi connectivity index (χ1) is 15.4. The van der Waals surface area contributed by atoms with Gasteiger partial charge in [0.05, 0.1) is 5.25 Å². The lowest BCUT2D eigenvalue weighted by molar-refractivity contribution is -0.763. The van der Waals surface area contributed by atoms with Gasteiger partial charge in [-0.15, -0.1) is 21.5 Å². The minimum atomic E-state index is -4.42. The fourth-order valence-corrected chi connectivity index (χ4v) is 8.16. The normalized spacial score (nSPS) is 19.3. The van der Waals surface area contributed by atoms with E-state index in [-0.39, 0.29) is 26.8 Å². The number of carbonyl (C=O) groups is 1. The molecule has 2 heterocycles. The highest BCUT2D eigenvalue weighted by molar-refractivity contribution is 7.95. The Morgan fingerprint density at radius 3 is 2.73 bits per heavy atom. The number of benzene rings is 1. The second kappa shape index (κ2) is 9.62. The molecule has 0 fully saturated rings. The van der Waals surface area contributed by atoms with E-state index in [1.54, 1.807) is 11.6 Å². The molecule has 2 N–H and O–H groups in total. The summed E-state index contributed by atoms with van der Waals surface area (Å²) in [7, 11) is -8.12. The van der Waals surface area contributed by atoms with Crippen LogP contribution in [0.5, 0.6) is 5.75 Å². The zero-order chi connectivity index (χ0) is 24.4. The third-order valence-electron chi connectivity index (χ3n) is 4.81. The first-order valence-electron chi connectivity index (χ1n) is 9.66. The Hall–Kier alpha value is -2.75. The van der Waals surface area contributed by atoms with Gasteiger partial charge in [0.25, 0.3) is 15.1 Å². The zero-order valence-corrected chi connectivity index (χ0v) is 20.0. The van der Waals surface area contributed by atoms with Crippen molar-refractivity contribution in [2.24, 2.45) is 0 Å². The quantitative estimate of drug-likeness (QED) is 0.389. The van der Waals surface area contributed by atoms with E-state index in [9.17, 15) is 31.7 Å². The molecule has 15 heteroatoms. The fourth-order valence-electron chi connectivity index (χ4n) is 3.29. The highest BCUT2D eigenvalue weighted by Crippen LogP contribution is 2.42. The Balaban J connectivity index is 1.79. The van der Waals surface area contributed by atoms with Crippen LogP contribution in [0.2, 0.25) is 0 Å². The molecule has 1 amide bonds. The minimum absolute atomic E-state index is 0.0422. The van der Waals surface area contributed by atoms with Crippen molar-refractivity contribution in [1.29, 1.82) is 0 Å². The van der Waals surface area contributed by atoms with Crippen LogP contribution in [0.4, 0.5) is 4.79 Å². The number of sulfonamides is 1. The summed E-state index contributed by atoms with van der Waals surface area (Å²) < 4.78 is 57.2. The lowest BCUT2D eigenvalue weighted by atomic mass is 10.1. The van der Waals surface area contributed by atoms with Crippen molar-refractivity contribution in [2.45, 2.75) is 46.6 Å². The summed E-state index contributed by atoms with van der Waals surface area (Å²) in [5.41, 5.74) is 0.673. The number of ether oxygens (including phenoxy) is 1. The number of nitrogens with zero attached hydrogens (tertiary/aromatic N) is 1. The van der Waals surface area contributed by atoms with Gasteiger partial charge in [0.15, 0.2) is 9.84 Å². The van der Waals surface area contributed by atoms with Crippen LogP contribution in [0.25, 0.3) is 0 Å². The van der Waals surface area contributed by atoms with Crippen LogP contribution in [0.15, 0.2) is 38.8 Å². The number of sulfone groups is 1. The molecule has 1 aromatic heterocycles. The predicted molar refractivity (Wildman–Crippen MR) is 117 cm³/mol. The van der Waals surface area contributed by atoms with Gasteiger partial charge in [-0.1, -0.05) is 19.1 Å². The van der Waals surface area contributed by atoms with Crippen LogP contribution in [0, 0.1) is 10.1 Å². The maximum Gasteiger partial charge on any atom is 0.426 e. The molecule has 1 unspecified atom stereocenters. The average Bonchev–Trinajstić information content (AvgIpc) is 3.19. The summed E-state index contributed by atoms with van der Waals surface area (Å²) >= 11 is 0.576. The molecular formula is C18H21N3O9S3. The van der Waals surface area contributed by atoms with E-state index < -0.39 is 36.3 Å². The molecule has 1 aromatic carbocycles. The van der Waals surface area contributed by atoms with Gasteiger partial charge in [-0.25, -0.2) is 26.4 Å². The number of hydrogen-bond acceptors (Lipinski definition) is 11. The standard InChI is InChI=1S/C18H21N3O9S3/c1-3-19-15-7-11(2)32(25,26)17-14(15)9-16(31-17)33(27,28)20-18(22)30-13-6-4-5-12(8-13)10-29-21(23)24/h4-6,8-9,11,15,19H,3,7,10H2,1-2H3,(H,20,22)/t11?,15-/m0/s1. The van der Waals surface area contributed by atoms with Crippen molar-refractivity contribution in [3.05, 3.63) is 51.6 Å². The van der Waals surface area contributed by atoms with Crippen molar-refractivity contribution >= 4 is 37.3 Å². The number of rotatable bonds is 8. The van der Waals surface area contributed by atoms with E-state index in [1.165, 1.54) is 30.3 Å². The van der Waals surface area contributed by atoms with Crippen molar-refractivity contribution in [3.8, 4) is 5.75 Å². The third-order valence-corrected chi connectivity index (χ3v) is 10.5. The molecule has 0 spiro atoms. The minimum Gasteiger partial charge on any atom is -0.410 e. The van der Waals surface area contributed by atoms with Crippen LogP contribution in [0.1, 0.15) is 37.4 Å². The second-order valence-electron chi connectivity index (χ2n) is 7.15. The van der Waals surface area contributed by atoms with Crippen LogP contribution in [0.3, 0.4) is 0 Å². The molecule has 1 aliphatic rings. The molecule has 0 radical (unpaired) electrons. The average molecular weight is 520 g/mol. The van der Waals surface area contributed by atoms with Gasteiger partial charge in [0, 0.05) is 11.6 Å². The van der Waals surface area contributed by atoms with Crippen LogP contribution >= 0.6 is 11.3 Å². The highest BCUT2D eigenvalue weighted by Gasteiger charge is 2.39. The van der Waals surface area contributed by atoms with Gasteiger partial charge in [-0.3, -0.25) is 0 Å². The number of fused-ring (bicyclic) bond motifs is 1. The van der Waals surface area contributed by atoms with E-state index in [2.05, 4.69) is 10.2 Å². The van der Waals surface area contributed by atoms with Gasteiger partial charge in [0.2, 0.25) is 0 Å². The van der Waals surface area contributed by atoms with Gasteiger partial charge in [-0.2, -0.15) is 0 Å². The molecule has 0 saturated carbocycles. The summed E-state index contributed by atoms with van der Waals surface area (Å²) in [5.74, 6) is -0.0683. The zero-order valence-electron chi connectivity index (χ0n) is 17.5. The molecule has 0 saturated heterocycles. The highest BCUT2D eigenvalue weighted by atomic mass is 32.3. The summed E-state index contributed by atoms with van der Waals surface area (Å²) in [5, 5.41) is 11.8. The largest absolute Gasteiger partial charge is 0.426 e. The maximum absolute atomic E-state index is 12.7. The van der Waals surface area contributed by atoms with Gasteiger partial charge in [0.1, 0.15) is 20.8 Å². The van der Waals surface area contributed by atoms with E-state index in [1.807, 2.05) is 6.92 Å². The number of carbonyl (C=O) groups excluding carboxylic acids is 1. The Labute approximate surface area is 194 Å². The molecule has 0 bridgehead atoms. The lowest BCUT2D eigenvalue weighted by Gasteiger charge is -2.27. The predicted octanol–water partition coefficient (Wildman–Crippen LogP) is 2.15. The molecule has 33 heavy (non-hydrogen) atoms. The van der Waals surface area contributed by atoms with E-state index in [0.717, 1.165) is 0 Å². The van der Waals surface area contributed by atoms with Gasteiger partial charge in [-0.05, 0) is 43.7 Å². The first kappa shape index (κ1) is 24.9. The Kier molecular flexibility index (Phi) is 7.26. The van der Waals surface area contributed by atoms with Gasteiger partial charge >= 0.3 is 6.09 Å². The van der Waals surface area contributed by atoms with E-state index >= 15 is 0 Å². The van der Waals surface area contributed by atoms with Gasteiger partial charge < -0.3 is 14.9 Å². The smallest absolute Gasteiger partial charge is 0.410 e. The molecule has 2 aromatic rings. The Bertz CT molecular complexity index is 1270. The Morgan fingerprint density at radius 1 is 1.33 bits per heavy atom. The second-order valence-corrected chi connectivity index (χ2v) is 12.7. The number of hydrogen-bond donors (Lipinski definition) is 2. The number of nitrogens with one attached hydrogen (secondary N) is 2. The summed E-state index contributed by atoms with van der Waals surface area (Å²) in [6.07, 6.45) is -1.03. The van der Waals surface area contributed by atoms with Crippen LogP contribution in [-0.4, -0.2) is 39.8 Å². The molecule has 1 aliphatic heterocycles. The maximum atomic E-state index is 12.7. The molecule has 3 rings (SSSR count).